The average Bonchev–Trinajstić information content (AvgIpc) is 2.40. The van der Waals surface area contributed by atoms with Crippen molar-refractivity contribution in [1.29, 1.82) is 0 Å². The highest BCUT2D eigenvalue weighted by Gasteiger charge is 2.48. The Morgan fingerprint density at radius 2 is 2.10 bits per heavy atom. The SMILES string of the molecule is CS(=O)(=O)N1CCC2OCCCC2(COCC2CCC2)C1. The molecule has 1 saturated carbocycles. The van der Waals surface area contributed by atoms with E-state index in [1.165, 1.54) is 25.5 Å². The largest absolute Gasteiger partial charge is 0.380 e. The highest BCUT2D eigenvalue weighted by Crippen LogP contribution is 2.41. The Bertz CT molecular complexity index is 462. The molecule has 1 aliphatic carbocycles. The lowest BCUT2D eigenvalue weighted by Crippen LogP contribution is -2.58. The second-order valence-corrected chi connectivity index (χ2v) is 9.01. The van der Waals surface area contributed by atoms with Gasteiger partial charge in [-0.2, -0.15) is 0 Å². The molecule has 2 unspecified atom stereocenters. The van der Waals surface area contributed by atoms with Crippen LogP contribution >= 0.6 is 0 Å². The van der Waals surface area contributed by atoms with Gasteiger partial charge in [0, 0.05) is 31.7 Å². The molecule has 0 bridgehead atoms. The Morgan fingerprint density at radius 3 is 2.76 bits per heavy atom. The molecule has 21 heavy (non-hydrogen) atoms. The molecule has 122 valence electrons. The molecule has 2 saturated heterocycles. The number of nitrogens with zero attached hydrogens (tertiary/aromatic N) is 1. The smallest absolute Gasteiger partial charge is 0.211 e. The van der Waals surface area contributed by atoms with Crippen LogP contribution in [-0.2, 0) is 19.5 Å². The van der Waals surface area contributed by atoms with Crippen molar-refractivity contribution in [3.05, 3.63) is 0 Å². The normalized spacial score (nSPS) is 35.2. The van der Waals surface area contributed by atoms with Crippen molar-refractivity contribution in [1.82, 2.24) is 4.31 Å². The van der Waals surface area contributed by atoms with E-state index >= 15 is 0 Å². The predicted octanol–water partition coefficient (Wildman–Crippen LogP) is 1.63. The summed E-state index contributed by atoms with van der Waals surface area (Å²) in [5, 5.41) is 0. The fourth-order valence-corrected chi connectivity index (χ4v) is 4.76. The lowest BCUT2D eigenvalue weighted by Gasteiger charge is -2.49. The predicted molar refractivity (Wildman–Crippen MR) is 80.6 cm³/mol. The van der Waals surface area contributed by atoms with Crippen LogP contribution in [-0.4, -0.2) is 58.0 Å². The quantitative estimate of drug-likeness (QED) is 0.773. The van der Waals surface area contributed by atoms with E-state index in [4.69, 9.17) is 9.47 Å². The van der Waals surface area contributed by atoms with Crippen molar-refractivity contribution in [2.45, 2.75) is 44.6 Å². The summed E-state index contributed by atoms with van der Waals surface area (Å²) in [5.41, 5.74) is -0.136. The molecule has 0 N–H and O–H groups in total. The number of fused-ring (bicyclic) bond motifs is 1. The van der Waals surface area contributed by atoms with E-state index in [2.05, 4.69) is 0 Å². The molecule has 0 aromatic heterocycles. The Hall–Kier alpha value is -0.170. The standard InChI is InChI=1S/C15H27NO4S/c1-21(17,18)16-8-6-14-15(11-16,7-3-9-20-14)12-19-10-13-4-2-5-13/h13-14H,2-12H2,1H3. The molecule has 0 amide bonds. The first kappa shape index (κ1) is 15.7. The van der Waals surface area contributed by atoms with Crippen LogP contribution in [0.3, 0.4) is 0 Å². The van der Waals surface area contributed by atoms with E-state index < -0.39 is 10.0 Å². The first-order valence-corrected chi connectivity index (χ1v) is 9.99. The Labute approximate surface area is 128 Å². The van der Waals surface area contributed by atoms with Gasteiger partial charge >= 0.3 is 0 Å². The van der Waals surface area contributed by atoms with Gasteiger partial charge in [0.15, 0.2) is 0 Å². The molecule has 6 heteroatoms. The topological polar surface area (TPSA) is 55.8 Å². The number of ether oxygens (including phenoxy) is 2. The van der Waals surface area contributed by atoms with Crippen LogP contribution in [0, 0.1) is 11.3 Å². The van der Waals surface area contributed by atoms with Crippen LogP contribution in [0.2, 0.25) is 0 Å². The molecule has 2 atom stereocenters. The monoisotopic (exact) mass is 317 g/mol. The summed E-state index contributed by atoms with van der Waals surface area (Å²) < 4.78 is 37.3. The summed E-state index contributed by atoms with van der Waals surface area (Å²) in [4.78, 5) is 0. The molecule has 0 aromatic carbocycles. The zero-order valence-corrected chi connectivity index (χ0v) is 13.7. The third kappa shape index (κ3) is 3.44. The average molecular weight is 317 g/mol. The number of rotatable bonds is 5. The van der Waals surface area contributed by atoms with Crippen molar-refractivity contribution in [3.8, 4) is 0 Å². The van der Waals surface area contributed by atoms with Gasteiger partial charge in [-0.1, -0.05) is 6.42 Å². The second-order valence-electron chi connectivity index (χ2n) is 7.02. The van der Waals surface area contributed by atoms with Gasteiger partial charge in [-0.15, -0.1) is 0 Å². The van der Waals surface area contributed by atoms with Crippen LogP contribution in [0.15, 0.2) is 0 Å². The third-order valence-electron chi connectivity index (χ3n) is 5.39. The number of piperidine rings is 1. The Morgan fingerprint density at radius 1 is 1.29 bits per heavy atom. The molecule has 3 aliphatic rings. The van der Waals surface area contributed by atoms with Gasteiger partial charge in [-0.25, -0.2) is 12.7 Å². The minimum atomic E-state index is -3.13. The maximum absolute atomic E-state index is 11.9. The summed E-state index contributed by atoms with van der Waals surface area (Å²) in [5.74, 6) is 0.721. The lowest BCUT2D eigenvalue weighted by molar-refractivity contribution is -0.145. The zero-order chi connectivity index (χ0) is 14.9. The van der Waals surface area contributed by atoms with Crippen molar-refractivity contribution in [3.63, 3.8) is 0 Å². The van der Waals surface area contributed by atoms with E-state index in [1.807, 2.05) is 0 Å². The van der Waals surface area contributed by atoms with Crippen LogP contribution in [0.1, 0.15) is 38.5 Å². The van der Waals surface area contributed by atoms with Crippen molar-refractivity contribution in [2.24, 2.45) is 11.3 Å². The molecule has 3 rings (SSSR count). The summed E-state index contributed by atoms with van der Waals surface area (Å²) >= 11 is 0. The van der Waals surface area contributed by atoms with E-state index in [-0.39, 0.29) is 11.5 Å². The van der Waals surface area contributed by atoms with Gasteiger partial charge in [0.05, 0.1) is 19.0 Å². The van der Waals surface area contributed by atoms with Crippen LogP contribution in [0.4, 0.5) is 0 Å². The molecule has 2 aliphatic heterocycles. The number of hydrogen-bond donors (Lipinski definition) is 0. The van der Waals surface area contributed by atoms with Crippen molar-refractivity contribution in [2.75, 3.05) is 39.2 Å². The zero-order valence-electron chi connectivity index (χ0n) is 12.9. The van der Waals surface area contributed by atoms with Crippen molar-refractivity contribution < 1.29 is 17.9 Å². The summed E-state index contributed by atoms with van der Waals surface area (Å²) in [6, 6.07) is 0. The first-order chi connectivity index (χ1) is 10.00. The summed E-state index contributed by atoms with van der Waals surface area (Å²) in [7, 11) is -3.13. The highest BCUT2D eigenvalue weighted by atomic mass is 32.2. The molecular weight excluding hydrogens is 290 g/mol. The van der Waals surface area contributed by atoms with Gasteiger partial charge in [0.2, 0.25) is 10.0 Å². The van der Waals surface area contributed by atoms with Gasteiger partial charge in [0.1, 0.15) is 0 Å². The molecule has 0 radical (unpaired) electrons. The molecule has 5 nitrogen and oxygen atoms in total. The summed E-state index contributed by atoms with van der Waals surface area (Å²) in [6.07, 6.45) is 8.15. The third-order valence-corrected chi connectivity index (χ3v) is 6.64. The molecule has 0 aromatic rings. The minimum Gasteiger partial charge on any atom is -0.380 e. The van der Waals surface area contributed by atoms with E-state index in [9.17, 15) is 8.42 Å². The van der Waals surface area contributed by atoms with E-state index in [0.29, 0.717) is 19.7 Å². The van der Waals surface area contributed by atoms with Crippen LogP contribution < -0.4 is 0 Å². The van der Waals surface area contributed by atoms with Crippen LogP contribution in [0.25, 0.3) is 0 Å². The van der Waals surface area contributed by atoms with E-state index in [0.717, 1.165) is 38.4 Å². The Balaban J connectivity index is 1.65. The first-order valence-electron chi connectivity index (χ1n) is 8.14. The fourth-order valence-electron chi connectivity index (χ4n) is 3.83. The minimum absolute atomic E-state index is 0.136. The molecule has 3 fully saturated rings. The number of hydrogen-bond acceptors (Lipinski definition) is 4. The Kier molecular flexibility index (Phi) is 4.60. The fraction of sp³-hybridized carbons (Fsp3) is 1.00. The second kappa shape index (κ2) is 6.14. The van der Waals surface area contributed by atoms with Gasteiger partial charge in [-0.05, 0) is 38.0 Å². The van der Waals surface area contributed by atoms with Crippen molar-refractivity contribution >= 4 is 10.0 Å². The van der Waals surface area contributed by atoms with Gasteiger partial charge in [0.25, 0.3) is 0 Å². The maximum atomic E-state index is 11.9. The van der Waals surface area contributed by atoms with Gasteiger partial charge < -0.3 is 9.47 Å². The molecular formula is C15H27NO4S. The number of sulfonamides is 1. The maximum Gasteiger partial charge on any atom is 0.211 e. The van der Waals surface area contributed by atoms with Crippen LogP contribution in [0.5, 0.6) is 0 Å². The lowest BCUT2D eigenvalue weighted by atomic mass is 9.73. The molecule has 2 heterocycles. The molecule has 0 spiro atoms. The summed E-state index contributed by atoms with van der Waals surface area (Å²) in [6.45, 7) is 3.40. The van der Waals surface area contributed by atoms with E-state index in [1.54, 1.807) is 4.31 Å². The highest BCUT2D eigenvalue weighted by molar-refractivity contribution is 7.88. The van der Waals surface area contributed by atoms with Gasteiger partial charge in [-0.3, -0.25) is 0 Å².